The number of aryl methyl sites for hydroxylation is 1. The fraction of sp³-hybridized carbons (Fsp3) is 0.333. The van der Waals surface area contributed by atoms with Gasteiger partial charge in [-0.3, -0.25) is 9.48 Å². The molecule has 1 atom stereocenters. The van der Waals surface area contributed by atoms with Crippen molar-refractivity contribution in [3.05, 3.63) is 53.7 Å². The Balaban J connectivity index is 1.67. The van der Waals surface area contributed by atoms with E-state index in [1.54, 1.807) is 12.1 Å². The Hall–Kier alpha value is -2.89. The second-order valence-corrected chi connectivity index (χ2v) is 9.42. The lowest BCUT2D eigenvalue weighted by molar-refractivity contribution is -0.147. The first kappa shape index (κ1) is 22.3. The Labute approximate surface area is 183 Å². The standard InChI is InChI=1S/C21H22F2N4O4S/c1-13-4-2-7-17-18(13)26-27(11-15-8-9-21(22,23)12-31-15)19(17)20(28)25-14-5-3-6-16(10-14)32(24,29)30/h2-7,10,15H,8-9,11-12H2,1H3,(H,25,28)(H2,24,29,30). The van der Waals surface area contributed by atoms with Crippen LogP contribution < -0.4 is 10.5 Å². The molecule has 3 aromatic rings. The molecule has 11 heteroatoms. The number of primary sulfonamides is 1. The number of anilines is 1. The minimum atomic E-state index is -3.94. The molecule has 2 heterocycles. The predicted molar refractivity (Wildman–Crippen MR) is 114 cm³/mol. The second kappa shape index (κ2) is 8.23. The number of alkyl halides is 2. The predicted octanol–water partition coefficient (Wildman–Crippen LogP) is 3.06. The number of amides is 1. The van der Waals surface area contributed by atoms with Crippen molar-refractivity contribution in [2.75, 3.05) is 11.9 Å². The lowest BCUT2D eigenvalue weighted by atomic mass is 10.1. The number of rotatable bonds is 5. The van der Waals surface area contributed by atoms with Crippen molar-refractivity contribution in [3.63, 3.8) is 0 Å². The first-order valence-electron chi connectivity index (χ1n) is 9.93. The molecule has 2 aromatic carbocycles. The summed E-state index contributed by atoms with van der Waals surface area (Å²) in [4.78, 5) is 13.1. The number of aromatic nitrogens is 2. The molecular formula is C21H22F2N4O4S. The number of carbonyl (C=O) groups is 1. The van der Waals surface area contributed by atoms with Crippen molar-refractivity contribution in [1.82, 2.24) is 9.78 Å². The fourth-order valence-corrected chi connectivity index (χ4v) is 4.27. The maximum Gasteiger partial charge on any atom is 0.274 e. The summed E-state index contributed by atoms with van der Waals surface area (Å²) in [6.07, 6.45) is -0.666. The van der Waals surface area contributed by atoms with Crippen LogP contribution in [0.5, 0.6) is 0 Å². The molecule has 1 unspecified atom stereocenters. The van der Waals surface area contributed by atoms with Crippen LogP contribution in [0.4, 0.5) is 14.5 Å². The van der Waals surface area contributed by atoms with Gasteiger partial charge < -0.3 is 10.1 Å². The van der Waals surface area contributed by atoms with Crippen LogP contribution in [0.25, 0.3) is 10.9 Å². The first-order chi connectivity index (χ1) is 15.0. The number of ether oxygens (including phenoxy) is 1. The highest BCUT2D eigenvalue weighted by molar-refractivity contribution is 7.89. The van der Waals surface area contributed by atoms with Gasteiger partial charge in [-0.2, -0.15) is 5.10 Å². The van der Waals surface area contributed by atoms with Crippen molar-refractivity contribution in [3.8, 4) is 0 Å². The number of sulfonamides is 1. The van der Waals surface area contributed by atoms with Gasteiger partial charge in [0.05, 0.1) is 23.1 Å². The molecule has 170 valence electrons. The molecule has 1 aliphatic heterocycles. The lowest BCUT2D eigenvalue weighted by Gasteiger charge is -2.28. The van der Waals surface area contributed by atoms with Crippen molar-refractivity contribution < 1.29 is 26.7 Å². The van der Waals surface area contributed by atoms with E-state index in [-0.39, 0.29) is 35.7 Å². The Morgan fingerprint density at radius 1 is 1.31 bits per heavy atom. The molecule has 32 heavy (non-hydrogen) atoms. The molecule has 1 saturated heterocycles. The zero-order valence-electron chi connectivity index (χ0n) is 17.2. The average Bonchev–Trinajstić information content (AvgIpc) is 3.09. The van der Waals surface area contributed by atoms with Gasteiger partial charge in [0.2, 0.25) is 10.0 Å². The number of nitrogens with two attached hydrogens (primary N) is 1. The van der Waals surface area contributed by atoms with E-state index < -0.39 is 34.6 Å². The summed E-state index contributed by atoms with van der Waals surface area (Å²) in [5, 5.41) is 13.0. The van der Waals surface area contributed by atoms with Crippen LogP contribution in [-0.4, -0.2) is 42.7 Å². The normalized spacial score (nSPS) is 18.6. The molecule has 0 radical (unpaired) electrons. The van der Waals surface area contributed by atoms with Gasteiger partial charge in [0.15, 0.2) is 0 Å². The number of hydrogen-bond donors (Lipinski definition) is 2. The Kier molecular flexibility index (Phi) is 5.74. The fourth-order valence-electron chi connectivity index (χ4n) is 3.71. The molecule has 1 fully saturated rings. The second-order valence-electron chi connectivity index (χ2n) is 7.86. The average molecular weight is 464 g/mol. The summed E-state index contributed by atoms with van der Waals surface area (Å²) in [6.45, 7) is 1.32. The van der Waals surface area contributed by atoms with Crippen molar-refractivity contribution >= 4 is 32.5 Å². The van der Waals surface area contributed by atoms with Gasteiger partial charge in [0, 0.05) is 17.5 Å². The quantitative estimate of drug-likeness (QED) is 0.602. The van der Waals surface area contributed by atoms with Crippen molar-refractivity contribution in [1.29, 1.82) is 0 Å². The minimum Gasteiger partial charge on any atom is -0.370 e. The largest absolute Gasteiger partial charge is 0.370 e. The number of fused-ring (bicyclic) bond motifs is 1. The van der Waals surface area contributed by atoms with Crippen molar-refractivity contribution in [2.45, 2.75) is 43.2 Å². The van der Waals surface area contributed by atoms with Gasteiger partial charge in [-0.25, -0.2) is 22.3 Å². The van der Waals surface area contributed by atoms with Crippen LogP contribution in [-0.2, 0) is 21.3 Å². The number of nitrogens with zero attached hydrogens (tertiary/aromatic N) is 2. The third-order valence-electron chi connectivity index (χ3n) is 5.35. The third-order valence-corrected chi connectivity index (χ3v) is 6.26. The Morgan fingerprint density at radius 3 is 2.75 bits per heavy atom. The molecule has 3 N–H and O–H groups in total. The van der Waals surface area contributed by atoms with Crippen molar-refractivity contribution in [2.24, 2.45) is 5.14 Å². The summed E-state index contributed by atoms with van der Waals surface area (Å²) < 4.78 is 56.9. The first-order valence-corrected chi connectivity index (χ1v) is 11.5. The van der Waals surface area contributed by atoms with Gasteiger partial charge >= 0.3 is 0 Å². The summed E-state index contributed by atoms with van der Waals surface area (Å²) in [7, 11) is -3.94. The summed E-state index contributed by atoms with van der Waals surface area (Å²) in [5.74, 6) is -3.37. The maximum atomic E-state index is 13.4. The van der Waals surface area contributed by atoms with Crippen LogP contribution in [0.3, 0.4) is 0 Å². The molecule has 0 spiro atoms. The smallest absolute Gasteiger partial charge is 0.274 e. The Morgan fingerprint density at radius 2 is 2.06 bits per heavy atom. The summed E-state index contributed by atoms with van der Waals surface area (Å²) in [5.41, 5.74) is 1.92. The SMILES string of the molecule is Cc1cccc2c(C(=O)Nc3cccc(S(N)(=O)=O)c3)n(CC3CCC(F)(F)CO3)nc12. The van der Waals surface area contributed by atoms with Crippen LogP contribution >= 0.6 is 0 Å². The minimum absolute atomic E-state index is 0.129. The van der Waals surface area contributed by atoms with Gasteiger partial charge in [0.1, 0.15) is 12.3 Å². The molecule has 0 aliphatic carbocycles. The summed E-state index contributed by atoms with van der Waals surface area (Å²) >= 11 is 0. The zero-order valence-corrected chi connectivity index (χ0v) is 18.0. The van der Waals surface area contributed by atoms with E-state index in [0.717, 1.165) is 5.56 Å². The third kappa shape index (κ3) is 4.64. The number of benzene rings is 2. The van der Waals surface area contributed by atoms with Crippen LogP contribution in [0.15, 0.2) is 47.4 Å². The van der Waals surface area contributed by atoms with E-state index in [2.05, 4.69) is 10.4 Å². The van der Waals surface area contributed by atoms with Gasteiger partial charge in [0.25, 0.3) is 11.8 Å². The highest BCUT2D eigenvalue weighted by Gasteiger charge is 2.36. The Bertz CT molecular complexity index is 1280. The lowest BCUT2D eigenvalue weighted by Crippen LogP contribution is -2.37. The molecule has 0 bridgehead atoms. The number of hydrogen-bond acceptors (Lipinski definition) is 5. The molecule has 1 aromatic heterocycles. The molecule has 0 saturated carbocycles. The van der Waals surface area contributed by atoms with Gasteiger partial charge in [-0.1, -0.05) is 24.3 Å². The number of carbonyl (C=O) groups excluding carboxylic acids is 1. The van der Waals surface area contributed by atoms with E-state index in [0.29, 0.717) is 10.9 Å². The van der Waals surface area contributed by atoms with E-state index in [1.807, 2.05) is 13.0 Å². The highest BCUT2D eigenvalue weighted by Crippen LogP contribution is 2.30. The van der Waals surface area contributed by atoms with Crippen LogP contribution in [0, 0.1) is 6.92 Å². The van der Waals surface area contributed by atoms with E-state index in [4.69, 9.17) is 9.88 Å². The molecule has 1 aliphatic rings. The molecule has 8 nitrogen and oxygen atoms in total. The zero-order chi connectivity index (χ0) is 23.1. The summed E-state index contributed by atoms with van der Waals surface area (Å²) in [6, 6.07) is 11.0. The number of halogens is 2. The molecule has 1 amide bonds. The van der Waals surface area contributed by atoms with Crippen LogP contribution in [0.1, 0.15) is 28.9 Å². The topological polar surface area (TPSA) is 116 Å². The van der Waals surface area contributed by atoms with E-state index >= 15 is 0 Å². The molecular weight excluding hydrogens is 442 g/mol. The highest BCUT2D eigenvalue weighted by atomic mass is 32.2. The maximum absolute atomic E-state index is 13.4. The van der Waals surface area contributed by atoms with Crippen LogP contribution in [0.2, 0.25) is 0 Å². The number of nitrogens with one attached hydrogen (secondary N) is 1. The van der Waals surface area contributed by atoms with E-state index in [1.165, 1.54) is 28.9 Å². The van der Waals surface area contributed by atoms with Gasteiger partial charge in [-0.05, 0) is 37.1 Å². The van der Waals surface area contributed by atoms with E-state index in [9.17, 15) is 22.0 Å². The monoisotopic (exact) mass is 464 g/mol. The van der Waals surface area contributed by atoms with Gasteiger partial charge in [-0.15, -0.1) is 0 Å². The molecule has 4 rings (SSSR count).